The number of nitrogens with two attached hydrogens (primary N) is 1. The van der Waals surface area contributed by atoms with Gasteiger partial charge in [0.25, 0.3) is 5.91 Å². The molecule has 1 amide bonds. The van der Waals surface area contributed by atoms with E-state index in [4.69, 9.17) is 28.9 Å². The fraction of sp³-hybridized carbons (Fsp3) is 0.167. The standard InChI is InChI=1S/C18H15Cl2FN4O3S/c19-12-5-6-13(25-29(27,28)8-2-7-21)15(20)14(12)18-23-9-10-3-1-4-11(17(22)26)16(10)24-18/h1,3-6,9,25H,2,7-8H2,(H2,22,26). The molecule has 0 radical (unpaired) electrons. The Hall–Kier alpha value is -2.49. The molecule has 0 aliphatic rings. The van der Waals surface area contributed by atoms with E-state index in [9.17, 15) is 17.6 Å². The van der Waals surface area contributed by atoms with Gasteiger partial charge in [0, 0.05) is 11.6 Å². The summed E-state index contributed by atoms with van der Waals surface area (Å²) in [5, 5.41) is 0.732. The van der Waals surface area contributed by atoms with E-state index in [1.54, 1.807) is 12.1 Å². The first-order chi connectivity index (χ1) is 13.7. The van der Waals surface area contributed by atoms with E-state index in [2.05, 4.69) is 14.7 Å². The van der Waals surface area contributed by atoms with Gasteiger partial charge < -0.3 is 5.73 Å². The molecule has 3 aromatic rings. The number of para-hydroxylation sites is 1. The molecule has 0 saturated carbocycles. The molecule has 0 fully saturated rings. The van der Waals surface area contributed by atoms with Crippen molar-refractivity contribution < 1.29 is 17.6 Å². The van der Waals surface area contributed by atoms with Crippen molar-refractivity contribution in [1.29, 1.82) is 0 Å². The number of benzene rings is 2. The molecule has 2 aromatic carbocycles. The number of nitrogens with zero attached hydrogens (tertiary/aromatic N) is 2. The predicted octanol–water partition coefficient (Wildman–Crippen LogP) is 3.80. The molecule has 11 heteroatoms. The Morgan fingerprint density at radius 3 is 2.66 bits per heavy atom. The molecule has 29 heavy (non-hydrogen) atoms. The largest absolute Gasteiger partial charge is 0.366 e. The van der Waals surface area contributed by atoms with Crippen LogP contribution in [0.5, 0.6) is 0 Å². The Bertz CT molecular complexity index is 1210. The maximum Gasteiger partial charge on any atom is 0.250 e. The lowest BCUT2D eigenvalue weighted by molar-refractivity contribution is 0.100. The molecule has 0 aliphatic heterocycles. The number of halogens is 3. The van der Waals surface area contributed by atoms with Gasteiger partial charge in [0.1, 0.15) is 0 Å². The van der Waals surface area contributed by atoms with Crippen LogP contribution in [0.25, 0.3) is 22.3 Å². The number of primary amides is 1. The Morgan fingerprint density at radius 2 is 1.97 bits per heavy atom. The molecule has 152 valence electrons. The zero-order valence-electron chi connectivity index (χ0n) is 14.8. The average molecular weight is 457 g/mol. The van der Waals surface area contributed by atoms with E-state index < -0.39 is 28.4 Å². The molecule has 1 aromatic heterocycles. The van der Waals surface area contributed by atoms with Gasteiger partial charge in [-0.3, -0.25) is 13.9 Å². The molecule has 0 unspecified atom stereocenters. The van der Waals surface area contributed by atoms with Crippen LogP contribution in [-0.2, 0) is 10.0 Å². The van der Waals surface area contributed by atoms with Gasteiger partial charge >= 0.3 is 0 Å². The van der Waals surface area contributed by atoms with Gasteiger partial charge in [-0.15, -0.1) is 0 Å². The number of sulfonamides is 1. The summed E-state index contributed by atoms with van der Waals surface area (Å²) in [4.78, 5) is 20.3. The lowest BCUT2D eigenvalue weighted by atomic mass is 10.1. The number of alkyl halides is 1. The van der Waals surface area contributed by atoms with E-state index >= 15 is 0 Å². The van der Waals surface area contributed by atoms with Crippen molar-refractivity contribution >= 4 is 55.7 Å². The number of nitrogens with one attached hydrogen (secondary N) is 1. The molecule has 0 aliphatic carbocycles. The average Bonchev–Trinajstić information content (AvgIpc) is 2.68. The Morgan fingerprint density at radius 1 is 1.21 bits per heavy atom. The number of anilines is 1. The molecule has 1 heterocycles. The van der Waals surface area contributed by atoms with E-state index in [0.717, 1.165) is 0 Å². The van der Waals surface area contributed by atoms with Crippen LogP contribution < -0.4 is 10.5 Å². The van der Waals surface area contributed by atoms with Crippen LogP contribution in [0.3, 0.4) is 0 Å². The van der Waals surface area contributed by atoms with Crippen LogP contribution in [-0.4, -0.2) is 36.7 Å². The summed E-state index contributed by atoms with van der Waals surface area (Å²) in [5.41, 5.74) is 6.15. The quantitative estimate of drug-likeness (QED) is 0.560. The molecule has 3 N–H and O–H groups in total. The number of hydrogen-bond donors (Lipinski definition) is 2. The van der Waals surface area contributed by atoms with E-state index in [-0.39, 0.29) is 39.1 Å². The number of aromatic nitrogens is 2. The number of rotatable bonds is 7. The highest BCUT2D eigenvalue weighted by Crippen LogP contribution is 2.38. The maximum absolute atomic E-state index is 12.3. The molecule has 0 saturated heterocycles. The van der Waals surface area contributed by atoms with E-state index in [0.29, 0.717) is 10.9 Å². The van der Waals surface area contributed by atoms with Gasteiger partial charge in [-0.2, -0.15) is 0 Å². The number of carbonyl (C=O) groups is 1. The second-order valence-electron chi connectivity index (χ2n) is 6.05. The highest BCUT2D eigenvalue weighted by atomic mass is 35.5. The summed E-state index contributed by atoms with van der Waals surface area (Å²) in [6.45, 7) is -0.756. The fourth-order valence-electron chi connectivity index (χ4n) is 2.67. The third-order valence-corrected chi connectivity index (χ3v) is 6.07. The van der Waals surface area contributed by atoms with Crippen molar-refractivity contribution in [2.45, 2.75) is 6.42 Å². The summed E-state index contributed by atoms with van der Waals surface area (Å²) in [6.07, 6.45) is 1.34. The van der Waals surface area contributed by atoms with Gasteiger partial charge in [-0.1, -0.05) is 35.3 Å². The van der Waals surface area contributed by atoms with Crippen LogP contribution in [0.4, 0.5) is 10.1 Å². The minimum Gasteiger partial charge on any atom is -0.366 e. The summed E-state index contributed by atoms with van der Waals surface area (Å²) in [6, 6.07) is 7.71. The number of fused-ring (bicyclic) bond motifs is 1. The maximum atomic E-state index is 12.3. The molecular weight excluding hydrogens is 442 g/mol. The first-order valence-electron chi connectivity index (χ1n) is 8.34. The van der Waals surface area contributed by atoms with Crippen molar-refractivity contribution in [2.24, 2.45) is 5.73 Å². The van der Waals surface area contributed by atoms with E-state index in [1.807, 2.05) is 0 Å². The van der Waals surface area contributed by atoms with Crippen molar-refractivity contribution in [3.8, 4) is 11.4 Å². The smallest absolute Gasteiger partial charge is 0.250 e. The van der Waals surface area contributed by atoms with Crippen LogP contribution in [0.1, 0.15) is 16.8 Å². The second kappa shape index (κ2) is 8.48. The fourth-order valence-corrected chi connectivity index (χ4v) is 4.41. The lowest BCUT2D eigenvalue weighted by Crippen LogP contribution is -2.17. The van der Waals surface area contributed by atoms with E-state index in [1.165, 1.54) is 24.4 Å². The van der Waals surface area contributed by atoms with Crippen LogP contribution >= 0.6 is 23.2 Å². The lowest BCUT2D eigenvalue weighted by Gasteiger charge is -2.13. The minimum atomic E-state index is -3.80. The Kier molecular flexibility index (Phi) is 6.21. The second-order valence-corrected chi connectivity index (χ2v) is 8.68. The van der Waals surface area contributed by atoms with Gasteiger partial charge in [0.15, 0.2) is 5.82 Å². The zero-order chi connectivity index (χ0) is 21.2. The van der Waals surface area contributed by atoms with Crippen LogP contribution in [0.2, 0.25) is 10.0 Å². The molecular formula is C18H15Cl2FN4O3S. The molecule has 7 nitrogen and oxygen atoms in total. The first kappa shape index (κ1) is 21.2. The van der Waals surface area contributed by atoms with Crippen molar-refractivity contribution in [2.75, 3.05) is 17.1 Å². The van der Waals surface area contributed by atoms with Crippen LogP contribution in [0.15, 0.2) is 36.5 Å². The molecule has 0 spiro atoms. The molecule has 0 atom stereocenters. The van der Waals surface area contributed by atoms with Gasteiger partial charge in [-0.05, 0) is 24.6 Å². The Balaban J connectivity index is 2.12. The monoisotopic (exact) mass is 456 g/mol. The highest BCUT2D eigenvalue weighted by molar-refractivity contribution is 7.92. The van der Waals surface area contributed by atoms with Gasteiger partial charge in [0.05, 0.1) is 44.8 Å². The topological polar surface area (TPSA) is 115 Å². The van der Waals surface area contributed by atoms with Crippen molar-refractivity contribution in [1.82, 2.24) is 9.97 Å². The summed E-state index contributed by atoms with van der Waals surface area (Å²) >= 11 is 12.6. The number of amides is 1. The van der Waals surface area contributed by atoms with Crippen molar-refractivity contribution in [3.05, 3.63) is 52.1 Å². The number of hydrogen-bond acceptors (Lipinski definition) is 5. The van der Waals surface area contributed by atoms with Crippen molar-refractivity contribution in [3.63, 3.8) is 0 Å². The minimum absolute atomic E-state index is 0.0303. The highest BCUT2D eigenvalue weighted by Gasteiger charge is 2.20. The predicted molar refractivity (Wildman–Crippen MR) is 112 cm³/mol. The summed E-state index contributed by atoms with van der Waals surface area (Å²) in [5.74, 6) is -0.968. The SMILES string of the molecule is NC(=O)c1cccc2cnc(-c3c(Cl)ccc(NS(=O)(=O)CCCF)c3Cl)nc12. The zero-order valence-corrected chi connectivity index (χ0v) is 17.2. The summed E-state index contributed by atoms with van der Waals surface area (Å²) < 4.78 is 38.8. The third kappa shape index (κ3) is 4.58. The molecule has 3 rings (SSSR count). The van der Waals surface area contributed by atoms with Gasteiger partial charge in [0.2, 0.25) is 10.0 Å². The third-order valence-electron chi connectivity index (χ3n) is 4.00. The number of carbonyl (C=O) groups excluding carboxylic acids is 1. The molecule has 0 bridgehead atoms. The normalized spacial score (nSPS) is 11.6. The van der Waals surface area contributed by atoms with Crippen LogP contribution in [0, 0.1) is 0 Å². The first-order valence-corrected chi connectivity index (χ1v) is 10.7. The Labute approximate surface area is 176 Å². The summed E-state index contributed by atoms with van der Waals surface area (Å²) in [7, 11) is -3.80. The van der Waals surface area contributed by atoms with Gasteiger partial charge in [-0.25, -0.2) is 18.4 Å².